The van der Waals surface area contributed by atoms with Crippen LogP contribution in [0.5, 0.6) is 0 Å². The van der Waals surface area contributed by atoms with Crippen molar-refractivity contribution in [1.82, 2.24) is 0 Å². The van der Waals surface area contributed by atoms with Gasteiger partial charge in [0.25, 0.3) is 0 Å². The Kier molecular flexibility index (Phi) is 1.84. The minimum absolute atomic E-state index is 0.00751. The molecule has 1 spiro atoms. The zero-order valence-electron chi connectivity index (χ0n) is 11.1. The zero-order valence-corrected chi connectivity index (χ0v) is 11.1. The van der Waals surface area contributed by atoms with Crippen molar-refractivity contribution in [3.8, 4) is 0 Å². The molecule has 3 nitrogen and oxygen atoms in total. The van der Waals surface area contributed by atoms with Crippen LogP contribution in [-0.2, 0) is 14.3 Å². The Morgan fingerprint density at radius 3 is 2.94 bits per heavy atom. The molecule has 2 saturated carbocycles. The van der Waals surface area contributed by atoms with E-state index in [2.05, 4.69) is 13.5 Å². The highest BCUT2D eigenvalue weighted by Crippen LogP contribution is 2.68. The first kappa shape index (κ1) is 11.0. The zero-order chi connectivity index (χ0) is 12.7. The molecular formula is C15H20O3. The van der Waals surface area contributed by atoms with E-state index < -0.39 is 0 Å². The number of carbonyl (C=O) groups is 1. The summed E-state index contributed by atoms with van der Waals surface area (Å²) < 4.78 is 11.9. The van der Waals surface area contributed by atoms with Gasteiger partial charge in [0.05, 0.1) is 11.5 Å². The van der Waals surface area contributed by atoms with Crippen molar-refractivity contribution in [2.75, 3.05) is 0 Å². The summed E-state index contributed by atoms with van der Waals surface area (Å²) in [6, 6.07) is 0. The lowest BCUT2D eigenvalue weighted by Gasteiger charge is -2.26. The van der Waals surface area contributed by atoms with Crippen molar-refractivity contribution in [2.45, 2.75) is 56.8 Å². The molecule has 2 aliphatic carbocycles. The second-order valence-electron chi connectivity index (χ2n) is 6.75. The van der Waals surface area contributed by atoms with E-state index in [4.69, 9.17) is 9.47 Å². The number of carbonyl (C=O) groups excluding carboxylic acids is 1. The summed E-state index contributed by atoms with van der Waals surface area (Å²) in [5, 5.41) is 0. The predicted octanol–water partition coefficient (Wildman–Crippen LogP) is 2.45. The van der Waals surface area contributed by atoms with E-state index >= 15 is 0 Å². The molecule has 0 N–H and O–H groups in total. The first-order valence-electron chi connectivity index (χ1n) is 7.07. The largest absolute Gasteiger partial charge is 0.461 e. The first-order chi connectivity index (χ1) is 8.48. The molecule has 0 aromatic heterocycles. The highest BCUT2D eigenvalue weighted by atomic mass is 16.6. The van der Waals surface area contributed by atoms with Gasteiger partial charge in [-0.3, -0.25) is 4.79 Å². The maximum Gasteiger partial charge on any atom is 0.309 e. The number of epoxide rings is 1. The third-order valence-corrected chi connectivity index (χ3v) is 5.99. The number of esters is 1. The van der Waals surface area contributed by atoms with Gasteiger partial charge in [0.1, 0.15) is 11.7 Å². The molecule has 0 radical (unpaired) electrons. The van der Waals surface area contributed by atoms with E-state index in [9.17, 15) is 4.79 Å². The minimum atomic E-state index is -0.0617. The van der Waals surface area contributed by atoms with E-state index in [0.29, 0.717) is 5.92 Å². The average Bonchev–Trinajstić information content (AvgIpc) is 2.65. The highest BCUT2D eigenvalue weighted by molar-refractivity contribution is 5.75. The Morgan fingerprint density at radius 1 is 1.39 bits per heavy atom. The number of hydrogen-bond donors (Lipinski definition) is 0. The van der Waals surface area contributed by atoms with Crippen LogP contribution in [0, 0.1) is 17.8 Å². The van der Waals surface area contributed by atoms with Gasteiger partial charge in [-0.05, 0) is 32.6 Å². The lowest BCUT2D eigenvalue weighted by Crippen LogP contribution is -2.36. The first-order valence-corrected chi connectivity index (χ1v) is 7.07. The third kappa shape index (κ3) is 1.04. The van der Waals surface area contributed by atoms with Crippen LogP contribution in [0.15, 0.2) is 12.2 Å². The molecule has 6 atom stereocenters. The maximum absolute atomic E-state index is 11.9. The van der Waals surface area contributed by atoms with Gasteiger partial charge in [-0.25, -0.2) is 0 Å². The molecule has 2 saturated heterocycles. The van der Waals surface area contributed by atoms with Gasteiger partial charge in [0.15, 0.2) is 0 Å². The summed E-state index contributed by atoms with van der Waals surface area (Å²) in [4.78, 5) is 11.9. The monoisotopic (exact) mass is 248 g/mol. The summed E-state index contributed by atoms with van der Waals surface area (Å²) in [6.45, 7) is 8.46. The second-order valence-corrected chi connectivity index (χ2v) is 6.75. The SMILES string of the molecule is C=C1CC[C@]23O[C@@]2(C)CC[C@@H]2[C@H](OC(=O)[C@H]2C)[C@@H]13. The fourth-order valence-corrected chi connectivity index (χ4v) is 4.79. The molecule has 2 heterocycles. The summed E-state index contributed by atoms with van der Waals surface area (Å²) in [5.74, 6) is 0.622. The van der Waals surface area contributed by atoms with Gasteiger partial charge in [0.2, 0.25) is 0 Å². The molecular weight excluding hydrogens is 228 g/mol. The van der Waals surface area contributed by atoms with Gasteiger partial charge in [-0.1, -0.05) is 19.1 Å². The average molecular weight is 248 g/mol. The maximum atomic E-state index is 11.9. The Morgan fingerprint density at radius 2 is 2.17 bits per heavy atom. The quantitative estimate of drug-likeness (QED) is 0.375. The summed E-state index contributed by atoms with van der Waals surface area (Å²) in [5.41, 5.74) is 1.18. The summed E-state index contributed by atoms with van der Waals surface area (Å²) in [7, 11) is 0. The van der Waals surface area contributed by atoms with Crippen LogP contribution in [0.4, 0.5) is 0 Å². The molecule has 4 rings (SSSR count). The molecule has 18 heavy (non-hydrogen) atoms. The normalized spacial score (nSPS) is 57.4. The Hall–Kier alpha value is -0.830. The lowest BCUT2D eigenvalue weighted by molar-refractivity contribution is -0.145. The fraction of sp³-hybridized carbons (Fsp3) is 0.800. The predicted molar refractivity (Wildman–Crippen MR) is 65.9 cm³/mol. The van der Waals surface area contributed by atoms with Crippen molar-refractivity contribution >= 4 is 5.97 Å². The Labute approximate surface area is 108 Å². The Bertz CT molecular complexity index is 457. The van der Waals surface area contributed by atoms with Crippen LogP contribution in [0.2, 0.25) is 0 Å². The molecule has 0 aromatic rings. The van der Waals surface area contributed by atoms with Crippen LogP contribution < -0.4 is 0 Å². The van der Waals surface area contributed by atoms with Gasteiger partial charge < -0.3 is 9.47 Å². The van der Waals surface area contributed by atoms with E-state index in [1.807, 2.05) is 6.92 Å². The Balaban J connectivity index is 1.78. The minimum Gasteiger partial charge on any atom is -0.461 e. The third-order valence-electron chi connectivity index (χ3n) is 5.99. The molecule has 4 fully saturated rings. The number of hydrogen-bond acceptors (Lipinski definition) is 3. The van der Waals surface area contributed by atoms with Crippen LogP contribution in [-0.4, -0.2) is 23.3 Å². The number of fused-ring (bicyclic) bond motifs is 2. The van der Waals surface area contributed by atoms with Crippen LogP contribution in [0.1, 0.15) is 39.5 Å². The standard InChI is InChI=1S/C15H20O3/c1-8-4-7-15-11(8)12-10(9(2)13(16)17-12)5-6-14(15,3)18-15/h9-12H,1,4-7H2,2-3H3/t9-,10-,11+,12-,14-,15+/m0/s1. The van der Waals surface area contributed by atoms with Crippen molar-refractivity contribution < 1.29 is 14.3 Å². The van der Waals surface area contributed by atoms with Crippen molar-refractivity contribution in [1.29, 1.82) is 0 Å². The topological polar surface area (TPSA) is 38.8 Å². The van der Waals surface area contributed by atoms with E-state index in [0.717, 1.165) is 25.7 Å². The molecule has 0 aromatic carbocycles. The van der Waals surface area contributed by atoms with Gasteiger partial charge in [0, 0.05) is 11.8 Å². The molecule has 0 bridgehead atoms. The van der Waals surface area contributed by atoms with Crippen molar-refractivity contribution in [3.63, 3.8) is 0 Å². The second kappa shape index (κ2) is 3.01. The van der Waals surface area contributed by atoms with E-state index in [-0.39, 0.29) is 35.1 Å². The van der Waals surface area contributed by atoms with Gasteiger partial charge >= 0.3 is 5.97 Å². The van der Waals surface area contributed by atoms with Gasteiger partial charge in [-0.2, -0.15) is 0 Å². The van der Waals surface area contributed by atoms with E-state index in [1.165, 1.54) is 5.57 Å². The molecule has 98 valence electrons. The molecule has 3 heteroatoms. The van der Waals surface area contributed by atoms with Crippen molar-refractivity contribution in [3.05, 3.63) is 12.2 Å². The van der Waals surface area contributed by atoms with Gasteiger partial charge in [-0.15, -0.1) is 0 Å². The summed E-state index contributed by atoms with van der Waals surface area (Å²) >= 11 is 0. The smallest absolute Gasteiger partial charge is 0.309 e. The van der Waals surface area contributed by atoms with Crippen LogP contribution in [0.25, 0.3) is 0 Å². The fourth-order valence-electron chi connectivity index (χ4n) is 4.79. The summed E-state index contributed by atoms with van der Waals surface area (Å²) in [6.07, 6.45) is 4.20. The molecule has 4 aliphatic rings. The van der Waals surface area contributed by atoms with E-state index in [1.54, 1.807) is 0 Å². The molecule has 0 unspecified atom stereocenters. The number of rotatable bonds is 0. The molecule has 2 aliphatic heterocycles. The van der Waals surface area contributed by atoms with Crippen LogP contribution in [0.3, 0.4) is 0 Å². The lowest BCUT2D eigenvalue weighted by atomic mass is 9.79. The van der Waals surface area contributed by atoms with Crippen LogP contribution >= 0.6 is 0 Å². The molecule has 0 amide bonds. The van der Waals surface area contributed by atoms with Crippen molar-refractivity contribution in [2.24, 2.45) is 17.8 Å². The highest BCUT2D eigenvalue weighted by Gasteiger charge is 2.76. The number of ether oxygens (including phenoxy) is 2.